The van der Waals surface area contributed by atoms with Gasteiger partial charge in [0.1, 0.15) is 5.75 Å². The van der Waals surface area contributed by atoms with Crippen LogP contribution in [-0.2, 0) is 9.53 Å². The van der Waals surface area contributed by atoms with Crippen LogP contribution in [0.3, 0.4) is 0 Å². The molecule has 2 rings (SSSR count). The third kappa shape index (κ3) is 6.37. The standard InChI is InChI=1S/C22H34O3/c1-2-3-4-5-6-7-12-17-25-22(24)21(18-13-8-9-14-18)19-15-10-11-16-20(19)23/h10-11,15-16,18,21,23H,2-9,12-14,17H2,1H3. The van der Waals surface area contributed by atoms with Crippen LogP contribution in [0.1, 0.15) is 89.0 Å². The monoisotopic (exact) mass is 346 g/mol. The molecular weight excluding hydrogens is 312 g/mol. The van der Waals surface area contributed by atoms with Gasteiger partial charge in [0, 0.05) is 5.56 Å². The van der Waals surface area contributed by atoms with Crippen molar-refractivity contribution in [3.05, 3.63) is 29.8 Å². The molecule has 0 saturated heterocycles. The van der Waals surface area contributed by atoms with Gasteiger partial charge in [0.05, 0.1) is 12.5 Å². The summed E-state index contributed by atoms with van der Waals surface area (Å²) < 4.78 is 5.60. The molecule has 1 aromatic carbocycles. The molecule has 1 unspecified atom stereocenters. The number of para-hydroxylation sites is 1. The summed E-state index contributed by atoms with van der Waals surface area (Å²) in [6.45, 7) is 2.73. The molecule has 1 atom stereocenters. The second kappa shape index (κ2) is 11.2. The number of phenols is 1. The van der Waals surface area contributed by atoms with Crippen molar-refractivity contribution in [1.29, 1.82) is 0 Å². The van der Waals surface area contributed by atoms with Gasteiger partial charge in [0.2, 0.25) is 0 Å². The Hall–Kier alpha value is -1.51. The molecule has 25 heavy (non-hydrogen) atoms. The lowest BCUT2D eigenvalue weighted by molar-refractivity contribution is -0.147. The second-order valence-corrected chi connectivity index (χ2v) is 7.37. The first-order valence-electron chi connectivity index (χ1n) is 10.2. The lowest BCUT2D eigenvalue weighted by Crippen LogP contribution is -2.23. The number of hydrogen-bond donors (Lipinski definition) is 1. The Morgan fingerprint density at radius 2 is 1.72 bits per heavy atom. The highest BCUT2D eigenvalue weighted by molar-refractivity contribution is 5.79. The van der Waals surface area contributed by atoms with E-state index in [0.717, 1.165) is 31.2 Å². The molecule has 1 N–H and O–H groups in total. The van der Waals surface area contributed by atoms with Crippen LogP contribution < -0.4 is 0 Å². The number of carbonyl (C=O) groups is 1. The van der Waals surface area contributed by atoms with Crippen LogP contribution in [0.4, 0.5) is 0 Å². The zero-order valence-electron chi connectivity index (χ0n) is 15.7. The summed E-state index contributed by atoms with van der Waals surface area (Å²) in [4.78, 5) is 12.7. The van der Waals surface area contributed by atoms with E-state index in [1.807, 2.05) is 12.1 Å². The van der Waals surface area contributed by atoms with Gasteiger partial charge in [-0.25, -0.2) is 0 Å². The molecule has 1 saturated carbocycles. The average molecular weight is 347 g/mol. The van der Waals surface area contributed by atoms with Crippen LogP contribution in [-0.4, -0.2) is 17.7 Å². The number of rotatable bonds is 11. The van der Waals surface area contributed by atoms with E-state index in [1.54, 1.807) is 12.1 Å². The molecule has 0 heterocycles. The van der Waals surface area contributed by atoms with E-state index in [-0.39, 0.29) is 17.6 Å². The lowest BCUT2D eigenvalue weighted by Gasteiger charge is -2.23. The topological polar surface area (TPSA) is 46.5 Å². The summed E-state index contributed by atoms with van der Waals surface area (Å²) in [6.07, 6.45) is 12.9. The normalized spacial score (nSPS) is 16.0. The van der Waals surface area contributed by atoms with Crippen LogP contribution in [0, 0.1) is 5.92 Å². The molecule has 0 radical (unpaired) electrons. The minimum absolute atomic E-state index is 0.153. The van der Waals surface area contributed by atoms with Gasteiger partial charge in [0.25, 0.3) is 0 Å². The molecule has 3 nitrogen and oxygen atoms in total. The highest BCUT2D eigenvalue weighted by Crippen LogP contribution is 2.40. The molecule has 1 fully saturated rings. The average Bonchev–Trinajstić information content (AvgIpc) is 3.13. The van der Waals surface area contributed by atoms with E-state index in [2.05, 4.69) is 6.92 Å². The fraction of sp³-hybridized carbons (Fsp3) is 0.682. The minimum Gasteiger partial charge on any atom is -0.508 e. The lowest BCUT2D eigenvalue weighted by atomic mass is 9.84. The number of hydrogen-bond acceptors (Lipinski definition) is 3. The van der Waals surface area contributed by atoms with Crippen LogP contribution in [0.2, 0.25) is 0 Å². The van der Waals surface area contributed by atoms with Gasteiger partial charge in [0.15, 0.2) is 0 Å². The SMILES string of the molecule is CCCCCCCCCOC(=O)C(c1ccccc1O)C1CCCC1. The number of benzene rings is 1. The van der Waals surface area contributed by atoms with Crippen LogP contribution in [0.5, 0.6) is 5.75 Å². The van der Waals surface area contributed by atoms with Crippen LogP contribution in [0.15, 0.2) is 24.3 Å². The largest absolute Gasteiger partial charge is 0.508 e. The predicted molar refractivity (Wildman–Crippen MR) is 102 cm³/mol. The molecule has 3 heteroatoms. The van der Waals surface area contributed by atoms with E-state index in [0.29, 0.717) is 12.5 Å². The first kappa shape index (κ1) is 19.8. The fourth-order valence-corrected chi connectivity index (χ4v) is 3.94. The molecule has 0 aliphatic heterocycles. The number of carbonyl (C=O) groups excluding carboxylic acids is 1. The maximum atomic E-state index is 12.7. The van der Waals surface area contributed by atoms with Crippen molar-refractivity contribution in [2.45, 2.75) is 83.5 Å². The molecule has 0 amide bonds. The van der Waals surface area contributed by atoms with Gasteiger partial charge in [-0.15, -0.1) is 0 Å². The maximum Gasteiger partial charge on any atom is 0.313 e. The fourth-order valence-electron chi connectivity index (χ4n) is 3.94. The first-order valence-corrected chi connectivity index (χ1v) is 10.2. The summed E-state index contributed by atoms with van der Waals surface area (Å²) >= 11 is 0. The Balaban J connectivity index is 1.81. The molecule has 140 valence electrons. The van der Waals surface area contributed by atoms with E-state index < -0.39 is 0 Å². The molecule has 0 aromatic heterocycles. The third-order valence-electron chi connectivity index (χ3n) is 5.39. The molecule has 0 bridgehead atoms. The van der Waals surface area contributed by atoms with E-state index >= 15 is 0 Å². The number of ether oxygens (including phenoxy) is 1. The van der Waals surface area contributed by atoms with Gasteiger partial charge in [-0.1, -0.05) is 76.5 Å². The minimum atomic E-state index is -0.312. The Morgan fingerprint density at radius 3 is 2.40 bits per heavy atom. The second-order valence-electron chi connectivity index (χ2n) is 7.37. The van der Waals surface area contributed by atoms with Crippen molar-refractivity contribution in [3.63, 3.8) is 0 Å². The van der Waals surface area contributed by atoms with Crippen LogP contribution >= 0.6 is 0 Å². The summed E-state index contributed by atoms with van der Waals surface area (Å²) in [6, 6.07) is 7.23. The van der Waals surface area contributed by atoms with Crippen LogP contribution in [0.25, 0.3) is 0 Å². The van der Waals surface area contributed by atoms with Crippen molar-refractivity contribution < 1.29 is 14.6 Å². The zero-order chi connectivity index (χ0) is 17.9. The Morgan fingerprint density at radius 1 is 1.08 bits per heavy atom. The van der Waals surface area contributed by atoms with Crippen molar-refractivity contribution >= 4 is 5.97 Å². The van der Waals surface area contributed by atoms with Crippen molar-refractivity contribution in [2.75, 3.05) is 6.61 Å². The number of aromatic hydroxyl groups is 1. The van der Waals surface area contributed by atoms with Crippen molar-refractivity contribution in [1.82, 2.24) is 0 Å². The molecule has 1 aromatic rings. The predicted octanol–water partition coefficient (Wildman–Crippen LogP) is 5.96. The molecule has 1 aliphatic rings. The Bertz CT molecular complexity index is 506. The molecule has 1 aliphatic carbocycles. The summed E-state index contributed by atoms with van der Waals surface area (Å²) in [5, 5.41) is 10.2. The summed E-state index contributed by atoms with van der Waals surface area (Å²) in [7, 11) is 0. The van der Waals surface area contributed by atoms with Gasteiger partial charge in [-0.05, 0) is 31.2 Å². The quantitative estimate of drug-likeness (QED) is 0.397. The zero-order valence-corrected chi connectivity index (χ0v) is 15.7. The molecular formula is C22H34O3. The smallest absolute Gasteiger partial charge is 0.313 e. The van der Waals surface area contributed by atoms with Gasteiger partial charge in [-0.3, -0.25) is 4.79 Å². The maximum absolute atomic E-state index is 12.7. The molecule has 0 spiro atoms. The van der Waals surface area contributed by atoms with Gasteiger partial charge < -0.3 is 9.84 Å². The van der Waals surface area contributed by atoms with E-state index in [9.17, 15) is 9.90 Å². The van der Waals surface area contributed by atoms with E-state index in [4.69, 9.17) is 4.74 Å². The van der Waals surface area contributed by atoms with Crippen molar-refractivity contribution in [2.24, 2.45) is 5.92 Å². The highest BCUT2D eigenvalue weighted by Gasteiger charge is 2.34. The first-order chi connectivity index (χ1) is 12.2. The summed E-state index contributed by atoms with van der Waals surface area (Å²) in [5.74, 6) is 0.0507. The van der Waals surface area contributed by atoms with E-state index in [1.165, 1.54) is 44.9 Å². The highest BCUT2D eigenvalue weighted by atomic mass is 16.5. The number of esters is 1. The third-order valence-corrected chi connectivity index (χ3v) is 5.39. The Labute approximate surface area is 152 Å². The summed E-state index contributed by atoms with van der Waals surface area (Å²) in [5.41, 5.74) is 0.735. The number of phenolic OH excluding ortho intramolecular Hbond substituents is 1. The van der Waals surface area contributed by atoms with Crippen molar-refractivity contribution in [3.8, 4) is 5.75 Å². The van der Waals surface area contributed by atoms with Gasteiger partial charge in [-0.2, -0.15) is 0 Å². The number of unbranched alkanes of at least 4 members (excludes halogenated alkanes) is 6. The van der Waals surface area contributed by atoms with Gasteiger partial charge >= 0.3 is 5.97 Å². The Kier molecular flexibility index (Phi) is 8.85.